The first kappa shape index (κ1) is 17.3. The van der Waals surface area contributed by atoms with E-state index in [1.54, 1.807) is 0 Å². The minimum Gasteiger partial charge on any atom is -0.353 e. The van der Waals surface area contributed by atoms with E-state index < -0.39 is 0 Å². The third-order valence-corrected chi connectivity index (χ3v) is 5.59. The Hall–Kier alpha value is -1.55. The molecule has 2 fully saturated rings. The molecule has 1 saturated heterocycles. The predicted molar refractivity (Wildman–Crippen MR) is 94.9 cm³/mol. The van der Waals surface area contributed by atoms with Crippen LogP contribution in [0.25, 0.3) is 0 Å². The Morgan fingerprint density at radius 1 is 1.08 bits per heavy atom. The summed E-state index contributed by atoms with van der Waals surface area (Å²) in [5.74, 6) is 0.543. The van der Waals surface area contributed by atoms with E-state index >= 15 is 0 Å². The second-order valence-corrected chi connectivity index (χ2v) is 7.32. The van der Waals surface area contributed by atoms with Crippen molar-refractivity contribution in [2.75, 3.05) is 13.1 Å². The molecule has 1 aliphatic carbocycles. The van der Waals surface area contributed by atoms with Crippen molar-refractivity contribution in [1.82, 2.24) is 10.2 Å². The summed E-state index contributed by atoms with van der Waals surface area (Å²) in [5.41, 5.74) is 0.876. The molecule has 0 aromatic heterocycles. The molecule has 1 aromatic carbocycles. The average molecular weight is 349 g/mol. The molecule has 2 amide bonds. The maximum atomic E-state index is 12.4. The molecule has 1 saturated carbocycles. The Kier molecular flexibility index (Phi) is 5.77. The SMILES string of the molecule is O=C(NC1CCN(C(=O)Cc2ccccc2Cl)CC1)C1CCCC1. The number of benzene rings is 1. The van der Waals surface area contributed by atoms with Crippen LogP contribution in [0.1, 0.15) is 44.1 Å². The molecule has 130 valence electrons. The maximum absolute atomic E-state index is 12.4. The fourth-order valence-corrected chi connectivity index (χ4v) is 3.90. The highest BCUT2D eigenvalue weighted by atomic mass is 35.5. The van der Waals surface area contributed by atoms with Crippen LogP contribution in [0.4, 0.5) is 0 Å². The van der Waals surface area contributed by atoms with Crippen LogP contribution < -0.4 is 5.32 Å². The van der Waals surface area contributed by atoms with E-state index in [2.05, 4.69) is 5.32 Å². The number of carbonyl (C=O) groups excluding carboxylic acids is 2. The Morgan fingerprint density at radius 3 is 2.42 bits per heavy atom. The molecule has 2 aliphatic rings. The van der Waals surface area contributed by atoms with Gasteiger partial charge in [0.05, 0.1) is 6.42 Å². The first-order valence-electron chi connectivity index (χ1n) is 8.95. The molecule has 1 heterocycles. The van der Waals surface area contributed by atoms with Crippen molar-refractivity contribution in [3.8, 4) is 0 Å². The van der Waals surface area contributed by atoms with Gasteiger partial charge in [-0.2, -0.15) is 0 Å². The highest BCUT2D eigenvalue weighted by molar-refractivity contribution is 6.31. The van der Waals surface area contributed by atoms with Gasteiger partial charge in [-0.25, -0.2) is 0 Å². The van der Waals surface area contributed by atoms with Gasteiger partial charge in [-0.3, -0.25) is 9.59 Å². The number of hydrogen-bond acceptors (Lipinski definition) is 2. The minimum absolute atomic E-state index is 0.115. The van der Waals surface area contributed by atoms with Crippen molar-refractivity contribution in [3.05, 3.63) is 34.9 Å². The van der Waals surface area contributed by atoms with Gasteiger partial charge in [-0.05, 0) is 37.3 Å². The van der Waals surface area contributed by atoms with Gasteiger partial charge in [-0.1, -0.05) is 42.6 Å². The van der Waals surface area contributed by atoms with Crippen molar-refractivity contribution in [3.63, 3.8) is 0 Å². The Labute approximate surface area is 148 Å². The van der Waals surface area contributed by atoms with Crippen LogP contribution in [0.2, 0.25) is 5.02 Å². The van der Waals surface area contributed by atoms with Crippen LogP contribution in [0.3, 0.4) is 0 Å². The first-order chi connectivity index (χ1) is 11.6. The first-order valence-corrected chi connectivity index (χ1v) is 9.33. The van der Waals surface area contributed by atoms with E-state index in [1.807, 2.05) is 29.2 Å². The summed E-state index contributed by atoms with van der Waals surface area (Å²) in [4.78, 5) is 26.5. The lowest BCUT2D eigenvalue weighted by molar-refractivity contribution is -0.131. The Balaban J connectivity index is 1.45. The largest absolute Gasteiger partial charge is 0.353 e. The summed E-state index contributed by atoms with van der Waals surface area (Å²) in [6.07, 6.45) is 6.43. The normalized spacial score (nSPS) is 19.5. The number of rotatable bonds is 4. The molecule has 3 rings (SSSR count). The molecular formula is C19H25ClN2O2. The molecular weight excluding hydrogens is 324 g/mol. The molecule has 1 N–H and O–H groups in total. The molecule has 0 radical (unpaired) electrons. The fourth-order valence-electron chi connectivity index (χ4n) is 3.70. The summed E-state index contributed by atoms with van der Waals surface area (Å²) in [6.45, 7) is 1.41. The quantitative estimate of drug-likeness (QED) is 0.908. The van der Waals surface area contributed by atoms with Crippen molar-refractivity contribution in [2.45, 2.75) is 51.0 Å². The van der Waals surface area contributed by atoms with Gasteiger partial charge in [0.2, 0.25) is 11.8 Å². The summed E-state index contributed by atoms with van der Waals surface area (Å²) < 4.78 is 0. The smallest absolute Gasteiger partial charge is 0.227 e. The molecule has 0 atom stereocenters. The monoisotopic (exact) mass is 348 g/mol. The van der Waals surface area contributed by atoms with Crippen molar-refractivity contribution >= 4 is 23.4 Å². The van der Waals surface area contributed by atoms with E-state index in [0.717, 1.165) is 31.2 Å². The van der Waals surface area contributed by atoms with Crippen LogP contribution in [0.5, 0.6) is 0 Å². The Morgan fingerprint density at radius 2 is 1.75 bits per heavy atom. The van der Waals surface area contributed by atoms with Crippen molar-refractivity contribution in [1.29, 1.82) is 0 Å². The number of halogens is 1. The molecule has 24 heavy (non-hydrogen) atoms. The summed E-state index contributed by atoms with van der Waals surface area (Å²) >= 11 is 6.13. The maximum Gasteiger partial charge on any atom is 0.227 e. The van der Waals surface area contributed by atoms with E-state index in [9.17, 15) is 9.59 Å². The van der Waals surface area contributed by atoms with Crippen LogP contribution in [0.15, 0.2) is 24.3 Å². The molecule has 0 bridgehead atoms. The zero-order valence-electron chi connectivity index (χ0n) is 14.0. The van der Waals surface area contributed by atoms with Gasteiger partial charge < -0.3 is 10.2 Å². The number of carbonyl (C=O) groups is 2. The summed E-state index contributed by atoms with van der Waals surface area (Å²) in [7, 11) is 0. The molecule has 1 aromatic rings. The van der Waals surface area contributed by atoms with E-state index in [0.29, 0.717) is 24.5 Å². The van der Waals surface area contributed by atoms with Crippen LogP contribution in [-0.2, 0) is 16.0 Å². The molecule has 0 spiro atoms. The standard InChI is InChI=1S/C19H25ClN2O2/c20-17-8-4-3-7-15(17)13-18(23)22-11-9-16(10-12-22)21-19(24)14-5-1-2-6-14/h3-4,7-8,14,16H,1-2,5-6,9-13H2,(H,21,24). The third kappa shape index (κ3) is 4.29. The Bertz CT molecular complexity index is 591. The van der Waals surface area contributed by atoms with Crippen molar-refractivity contribution < 1.29 is 9.59 Å². The lowest BCUT2D eigenvalue weighted by atomic mass is 10.0. The number of nitrogens with one attached hydrogen (secondary N) is 1. The van der Waals surface area contributed by atoms with E-state index in [1.165, 1.54) is 12.8 Å². The highest BCUT2D eigenvalue weighted by Gasteiger charge is 2.28. The van der Waals surface area contributed by atoms with E-state index in [4.69, 9.17) is 11.6 Å². The van der Waals surface area contributed by atoms with Crippen LogP contribution in [-0.4, -0.2) is 35.8 Å². The van der Waals surface area contributed by atoms with Crippen molar-refractivity contribution in [2.24, 2.45) is 5.92 Å². The lowest BCUT2D eigenvalue weighted by Gasteiger charge is -2.33. The lowest BCUT2D eigenvalue weighted by Crippen LogP contribution is -2.48. The summed E-state index contributed by atoms with van der Waals surface area (Å²) in [6, 6.07) is 7.69. The average Bonchev–Trinajstić information content (AvgIpc) is 3.12. The number of nitrogens with zero attached hydrogens (tertiary/aromatic N) is 1. The zero-order valence-corrected chi connectivity index (χ0v) is 14.7. The minimum atomic E-state index is 0.115. The topological polar surface area (TPSA) is 49.4 Å². The fraction of sp³-hybridized carbons (Fsp3) is 0.579. The van der Waals surface area contributed by atoms with Crippen LogP contribution >= 0.6 is 11.6 Å². The van der Waals surface area contributed by atoms with Gasteiger partial charge in [0.15, 0.2) is 0 Å². The highest BCUT2D eigenvalue weighted by Crippen LogP contribution is 2.25. The third-order valence-electron chi connectivity index (χ3n) is 5.22. The van der Waals surface area contributed by atoms with Gasteiger partial charge in [0.1, 0.15) is 0 Å². The van der Waals surface area contributed by atoms with E-state index in [-0.39, 0.29) is 23.8 Å². The number of likely N-dealkylation sites (tertiary alicyclic amines) is 1. The molecule has 1 aliphatic heterocycles. The van der Waals surface area contributed by atoms with Crippen LogP contribution in [0, 0.1) is 5.92 Å². The molecule has 4 nitrogen and oxygen atoms in total. The predicted octanol–water partition coefficient (Wildman–Crippen LogP) is 3.18. The summed E-state index contributed by atoms with van der Waals surface area (Å²) in [5, 5.41) is 3.82. The number of hydrogen-bond donors (Lipinski definition) is 1. The second kappa shape index (κ2) is 8.02. The van der Waals surface area contributed by atoms with Gasteiger partial charge in [0.25, 0.3) is 0 Å². The molecule has 0 unspecified atom stereocenters. The second-order valence-electron chi connectivity index (χ2n) is 6.91. The number of amides is 2. The van der Waals surface area contributed by atoms with Gasteiger partial charge >= 0.3 is 0 Å². The zero-order chi connectivity index (χ0) is 16.9. The van der Waals surface area contributed by atoms with Gasteiger partial charge in [0, 0.05) is 30.1 Å². The van der Waals surface area contributed by atoms with Gasteiger partial charge in [-0.15, -0.1) is 0 Å². The number of piperidine rings is 1. The molecule has 5 heteroatoms.